The molecule has 0 spiro atoms. The van der Waals surface area contributed by atoms with Gasteiger partial charge in [0.2, 0.25) is 11.8 Å². The van der Waals surface area contributed by atoms with E-state index in [1.54, 1.807) is 24.6 Å². The zero-order chi connectivity index (χ0) is 21.0. The fourth-order valence-electron chi connectivity index (χ4n) is 3.39. The molecule has 3 amide bonds. The Morgan fingerprint density at radius 2 is 2.10 bits per heavy atom. The minimum absolute atomic E-state index is 0.0848. The van der Waals surface area contributed by atoms with Gasteiger partial charge < -0.3 is 16.4 Å². The number of nitrogens with one attached hydrogen (secondary N) is 2. The average molecular weight is 416 g/mol. The number of aryl methyl sites for hydroxylation is 1. The highest BCUT2D eigenvalue weighted by Crippen LogP contribution is 2.25. The first-order chi connectivity index (χ1) is 13.9. The molecule has 2 aromatic heterocycles. The quantitative estimate of drug-likeness (QED) is 0.669. The lowest BCUT2D eigenvalue weighted by Crippen LogP contribution is -2.49. The molecule has 1 aliphatic heterocycles. The maximum absolute atomic E-state index is 12.7. The standard InChI is InChI=1S/C20H25N5O3S/c1-12-5-3-8-22-17(12)23-19(28)14-6-4-9-25(11-14)13(2)18(27)24-20-15(16(21)26)7-10-29-20/h3,5,7-8,10,13-14H,4,6,9,11H2,1-2H3,(H2,21,26)(H,24,27)(H,22,23,28)/t13-,14-/m0/s1. The molecule has 29 heavy (non-hydrogen) atoms. The van der Waals surface area contributed by atoms with Crippen molar-refractivity contribution >= 4 is 39.9 Å². The summed E-state index contributed by atoms with van der Waals surface area (Å²) in [7, 11) is 0. The highest BCUT2D eigenvalue weighted by atomic mass is 32.1. The number of thiophene rings is 1. The van der Waals surface area contributed by atoms with Gasteiger partial charge in [0, 0.05) is 12.7 Å². The van der Waals surface area contributed by atoms with Gasteiger partial charge in [0.1, 0.15) is 10.8 Å². The molecule has 4 N–H and O–H groups in total. The summed E-state index contributed by atoms with van der Waals surface area (Å²) in [5.74, 6) is -0.538. The molecule has 1 aliphatic rings. The first-order valence-corrected chi connectivity index (χ1v) is 10.4. The Labute approximate surface area is 173 Å². The summed E-state index contributed by atoms with van der Waals surface area (Å²) in [5.41, 5.74) is 6.54. The third kappa shape index (κ3) is 4.99. The molecule has 0 unspecified atom stereocenters. The number of carbonyl (C=O) groups excluding carboxylic acids is 3. The zero-order valence-corrected chi connectivity index (χ0v) is 17.3. The lowest BCUT2D eigenvalue weighted by Gasteiger charge is -2.35. The Kier molecular flexibility index (Phi) is 6.60. The van der Waals surface area contributed by atoms with Crippen LogP contribution in [0.2, 0.25) is 0 Å². The number of aromatic nitrogens is 1. The van der Waals surface area contributed by atoms with Crippen molar-refractivity contribution in [3.8, 4) is 0 Å². The molecule has 8 nitrogen and oxygen atoms in total. The number of piperidine rings is 1. The van der Waals surface area contributed by atoms with E-state index in [1.165, 1.54) is 11.3 Å². The van der Waals surface area contributed by atoms with Crippen molar-refractivity contribution in [2.24, 2.45) is 11.7 Å². The Bertz CT molecular complexity index is 913. The number of amides is 3. The second-order valence-corrected chi connectivity index (χ2v) is 8.10. The molecule has 3 rings (SSSR count). The number of hydrogen-bond donors (Lipinski definition) is 3. The van der Waals surface area contributed by atoms with Crippen molar-refractivity contribution in [2.45, 2.75) is 32.7 Å². The maximum Gasteiger partial charge on any atom is 0.251 e. The Hall–Kier alpha value is -2.78. The Morgan fingerprint density at radius 1 is 1.31 bits per heavy atom. The number of carbonyl (C=O) groups is 3. The van der Waals surface area contributed by atoms with Gasteiger partial charge in [0.25, 0.3) is 5.91 Å². The molecule has 0 aromatic carbocycles. The van der Waals surface area contributed by atoms with Gasteiger partial charge in [0.15, 0.2) is 0 Å². The van der Waals surface area contributed by atoms with Crippen LogP contribution >= 0.6 is 11.3 Å². The first kappa shape index (κ1) is 20.9. The molecule has 2 aromatic rings. The van der Waals surface area contributed by atoms with E-state index in [-0.39, 0.29) is 17.7 Å². The topological polar surface area (TPSA) is 117 Å². The van der Waals surface area contributed by atoms with Gasteiger partial charge in [-0.1, -0.05) is 6.07 Å². The van der Waals surface area contributed by atoms with Gasteiger partial charge >= 0.3 is 0 Å². The molecule has 2 atom stereocenters. The summed E-state index contributed by atoms with van der Waals surface area (Å²) < 4.78 is 0. The largest absolute Gasteiger partial charge is 0.366 e. The van der Waals surface area contributed by atoms with Crippen LogP contribution in [0, 0.1) is 12.8 Å². The lowest BCUT2D eigenvalue weighted by molar-refractivity contribution is -0.125. The minimum atomic E-state index is -0.575. The number of likely N-dealkylation sites (tertiary alicyclic amines) is 1. The molecule has 1 saturated heterocycles. The molecule has 3 heterocycles. The van der Waals surface area contributed by atoms with Crippen molar-refractivity contribution < 1.29 is 14.4 Å². The number of primary amides is 1. The van der Waals surface area contributed by atoms with Gasteiger partial charge in [-0.3, -0.25) is 19.3 Å². The predicted molar refractivity (Wildman–Crippen MR) is 113 cm³/mol. The van der Waals surface area contributed by atoms with Crippen LogP contribution in [0.5, 0.6) is 0 Å². The highest BCUT2D eigenvalue weighted by Gasteiger charge is 2.31. The summed E-state index contributed by atoms with van der Waals surface area (Å²) in [4.78, 5) is 43.0. The fourth-order valence-corrected chi connectivity index (χ4v) is 4.19. The number of anilines is 2. The third-order valence-corrected chi connectivity index (χ3v) is 6.00. The van der Waals surface area contributed by atoms with Gasteiger partial charge in [-0.2, -0.15) is 0 Å². The van der Waals surface area contributed by atoms with Crippen LogP contribution in [-0.2, 0) is 9.59 Å². The van der Waals surface area contributed by atoms with Crippen LogP contribution in [-0.4, -0.2) is 46.7 Å². The van der Waals surface area contributed by atoms with E-state index in [0.717, 1.165) is 24.9 Å². The van der Waals surface area contributed by atoms with E-state index < -0.39 is 11.9 Å². The van der Waals surface area contributed by atoms with Crippen LogP contribution in [0.1, 0.15) is 35.7 Å². The molecule has 0 bridgehead atoms. The van der Waals surface area contributed by atoms with Crippen LogP contribution < -0.4 is 16.4 Å². The minimum Gasteiger partial charge on any atom is -0.366 e. The van der Waals surface area contributed by atoms with Crippen molar-refractivity contribution in [2.75, 3.05) is 23.7 Å². The monoisotopic (exact) mass is 415 g/mol. The summed E-state index contributed by atoms with van der Waals surface area (Å²) in [5, 5.41) is 7.84. The number of nitrogens with zero attached hydrogens (tertiary/aromatic N) is 2. The first-order valence-electron chi connectivity index (χ1n) is 9.51. The van der Waals surface area contributed by atoms with E-state index in [0.29, 0.717) is 22.9 Å². The lowest BCUT2D eigenvalue weighted by atomic mass is 9.95. The summed E-state index contributed by atoms with van der Waals surface area (Å²) in [6, 6.07) is 4.87. The van der Waals surface area contributed by atoms with E-state index >= 15 is 0 Å². The van der Waals surface area contributed by atoms with Crippen LogP contribution in [0.15, 0.2) is 29.8 Å². The number of nitrogens with two attached hydrogens (primary N) is 1. The third-order valence-electron chi connectivity index (χ3n) is 5.17. The van der Waals surface area contributed by atoms with Crippen molar-refractivity contribution in [3.63, 3.8) is 0 Å². The number of rotatable bonds is 6. The number of hydrogen-bond acceptors (Lipinski definition) is 6. The number of pyridine rings is 1. The molecule has 154 valence electrons. The Morgan fingerprint density at radius 3 is 2.83 bits per heavy atom. The Balaban J connectivity index is 1.61. The normalized spacial score (nSPS) is 18.1. The van der Waals surface area contributed by atoms with Gasteiger partial charge in [-0.15, -0.1) is 11.3 Å². The average Bonchev–Trinajstić information content (AvgIpc) is 3.17. The molecule has 0 radical (unpaired) electrons. The van der Waals surface area contributed by atoms with Crippen molar-refractivity contribution in [1.29, 1.82) is 0 Å². The van der Waals surface area contributed by atoms with E-state index in [2.05, 4.69) is 15.6 Å². The van der Waals surface area contributed by atoms with E-state index in [9.17, 15) is 14.4 Å². The SMILES string of the molecule is Cc1cccnc1NC(=O)[C@H]1CCCN([C@@H](C)C(=O)Nc2sccc2C(N)=O)C1. The van der Waals surface area contributed by atoms with Gasteiger partial charge in [-0.25, -0.2) is 4.98 Å². The maximum atomic E-state index is 12.7. The fraction of sp³-hybridized carbons (Fsp3) is 0.400. The summed E-state index contributed by atoms with van der Waals surface area (Å²) >= 11 is 1.26. The molecular weight excluding hydrogens is 390 g/mol. The van der Waals surface area contributed by atoms with Gasteiger partial charge in [0.05, 0.1) is 17.5 Å². The van der Waals surface area contributed by atoms with Gasteiger partial charge in [-0.05, 0) is 56.3 Å². The van der Waals surface area contributed by atoms with E-state index in [4.69, 9.17) is 5.73 Å². The molecule has 1 fully saturated rings. The zero-order valence-electron chi connectivity index (χ0n) is 16.5. The van der Waals surface area contributed by atoms with Crippen molar-refractivity contribution in [3.05, 3.63) is 40.9 Å². The second kappa shape index (κ2) is 9.15. The molecule has 0 saturated carbocycles. The molecular formula is C20H25N5O3S. The predicted octanol–water partition coefficient (Wildman–Crippen LogP) is 2.23. The van der Waals surface area contributed by atoms with Crippen LogP contribution in [0.25, 0.3) is 0 Å². The van der Waals surface area contributed by atoms with Crippen molar-refractivity contribution in [1.82, 2.24) is 9.88 Å². The highest BCUT2D eigenvalue weighted by molar-refractivity contribution is 7.14. The smallest absolute Gasteiger partial charge is 0.251 e. The summed E-state index contributed by atoms with van der Waals surface area (Å²) in [6.07, 6.45) is 3.23. The second-order valence-electron chi connectivity index (χ2n) is 7.19. The molecule has 9 heteroatoms. The molecule has 0 aliphatic carbocycles. The summed E-state index contributed by atoms with van der Waals surface area (Å²) in [6.45, 7) is 4.91. The van der Waals surface area contributed by atoms with Crippen LogP contribution in [0.4, 0.5) is 10.8 Å². The van der Waals surface area contributed by atoms with E-state index in [1.807, 2.05) is 24.0 Å². The van der Waals surface area contributed by atoms with Crippen LogP contribution in [0.3, 0.4) is 0 Å².